The second-order valence-corrected chi connectivity index (χ2v) is 3.27. The van der Waals surface area contributed by atoms with E-state index in [0.29, 0.717) is 5.92 Å². The molecule has 2 atom stereocenters. The van der Waals surface area contributed by atoms with Gasteiger partial charge in [-0.1, -0.05) is 20.8 Å². The van der Waals surface area contributed by atoms with E-state index < -0.39 is 0 Å². The number of carbonyl (C=O) groups is 1. The van der Waals surface area contributed by atoms with Crippen molar-refractivity contribution in [1.82, 2.24) is 5.32 Å². The van der Waals surface area contributed by atoms with Gasteiger partial charge < -0.3 is 10.1 Å². The molecule has 1 aliphatic heterocycles. The minimum Gasteiger partial charge on any atom is -0.444 e. The summed E-state index contributed by atoms with van der Waals surface area (Å²) in [6.45, 7) is 6.20. The number of amides is 1. The van der Waals surface area contributed by atoms with Crippen molar-refractivity contribution in [2.45, 2.75) is 39.3 Å². The van der Waals surface area contributed by atoms with Crippen LogP contribution in [0.25, 0.3) is 0 Å². The van der Waals surface area contributed by atoms with Gasteiger partial charge in [-0.2, -0.15) is 0 Å². The van der Waals surface area contributed by atoms with Crippen molar-refractivity contribution in [1.29, 1.82) is 0 Å². The maximum absolute atomic E-state index is 10.8. The number of carbonyl (C=O) groups excluding carboxylic acids is 1. The number of hydrogen-bond acceptors (Lipinski definition) is 2. The maximum Gasteiger partial charge on any atom is 0.407 e. The molecule has 1 fully saturated rings. The first-order chi connectivity index (χ1) is 5.15. The molecule has 0 aliphatic carbocycles. The van der Waals surface area contributed by atoms with E-state index in [9.17, 15) is 4.79 Å². The number of alkyl carbamates (subject to hydrolysis) is 1. The summed E-state index contributed by atoms with van der Waals surface area (Å²) in [5, 5.41) is 2.79. The van der Waals surface area contributed by atoms with Gasteiger partial charge in [-0.05, 0) is 12.3 Å². The summed E-state index contributed by atoms with van der Waals surface area (Å²) in [7, 11) is 0. The molecule has 0 aromatic heterocycles. The van der Waals surface area contributed by atoms with Gasteiger partial charge in [0, 0.05) is 0 Å². The zero-order valence-electron chi connectivity index (χ0n) is 7.26. The van der Waals surface area contributed by atoms with Crippen LogP contribution in [0.1, 0.15) is 27.2 Å². The van der Waals surface area contributed by atoms with E-state index in [-0.39, 0.29) is 18.2 Å². The molecule has 0 saturated carbocycles. The first-order valence-electron chi connectivity index (χ1n) is 4.12. The lowest BCUT2D eigenvalue weighted by Gasteiger charge is -2.18. The lowest BCUT2D eigenvalue weighted by atomic mass is 9.98. The first-order valence-corrected chi connectivity index (χ1v) is 4.12. The second kappa shape index (κ2) is 3.11. The highest BCUT2D eigenvalue weighted by Gasteiger charge is 2.34. The van der Waals surface area contributed by atoms with Gasteiger partial charge in [0.25, 0.3) is 0 Å². The van der Waals surface area contributed by atoms with E-state index in [4.69, 9.17) is 4.74 Å². The van der Waals surface area contributed by atoms with Crippen molar-refractivity contribution in [3.8, 4) is 0 Å². The van der Waals surface area contributed by atoms with Crippen molar-refractivity contribution in [2.75, 3.05) is 0 Å². The zero-order chi connectivity index (χ0) is 8.43. The summed E-state index contributed by atoms with van der Waals surface area (Å²) >= 11 is 0. The Labute approximate surface area is 67.1 Å². The molecule has 3 nitrogen and oxygen atoms in total. The number of nitrogens with one attached hydrogen (secondary N) is 1. The SMILES string of the molecule is CC[C@H]1OC(=O)N[C@@H]1C(C)C. The Morgan fingerprint density at radius 3 is 2.64 bits per heavy atom. The van der Waals surface area contributed by atoms with Crippen LogP contribution in [0.4, 0.5) is 4.79 Å². The molecule has 0 aromatic carbocycles. The highest BCUT2D eigenvalue weighted by Crippen LogP contribution is 2.18. The van der Waals surface area contributed by atoms with Gasteiger partial charge in [0.2, 0.25) is 0 Å². The van der Waals surface area contributed by atoms with Gasteiger partial charge in [-0.25, -0.2) is 4.79 Å². The van der Waals surface area contributed by atoms with Crippen LogP contribution in [-0.2, 0) is 4.74 Å². The molecule has 1 heterocycles. The summed E-state index contributed by atoms with van der Waals surface area (Å²) in [6, 6.07) is 0.201. The van der Waals surface area contributed by atoms with Crippen LogP contribution in [-0.4, -0.2) is 18.2 Å². The third-order valence-electron chi connectivity index (χ3n) is 2.06. The Morgan fingerprint density at radius 2 is 2.27 bits per heavy atom. The highest BCUT2D eigenvalue weighted by atomic mass is 16.6. The van der Waals surface area contributed by atoms with Crippen LogP contribution >= 0.6 is 0 Å². The summed E-state index contributed by atoms with van der Waals surface area (Å²) in [5.41, 5.74) is 0. The molecule has 1 rings (SSSR count). The molecule has 0 bridgehead atoms. The smallest absolute Gasteiger partial charge is 0.407 e. The molecule has 1 aliphatic rings. The molecular formula is C8H15NO2. The van der Waals surface area contributed by atoms with Crippen LogP contribution < -0.4 is 5.32 Å². The van der Waals surface area contributed by atoms with Crippen molar-refractivity contribution in [3.63, 3.8) is 0 Å². The Morgan fingerprint density at radius 1 is 1.64 bits per heavy atom. The minimum atomic E-state index is -0.268. The molecule has 0 unspecified atom stereocenters. The number of ether oxygens (including phenoxy) is 1. The predicted octanol–water partition coefficient (Wildman–Crippen LogP) is 1.53. The fourth-order valence-electron chi connectivity index (χ4n) is 1.41. The lowest BCUT2D eigenvalue weighted by Crippen LogP contribution is -2.35. The lowest BCUT2D eigenvalue weighted by molar-refractivity contribution is 0.123. The van der Waals surface area contributed by atoms with Gasteiger partial charge in [0.05, 0.1) is 6.04 Å². The molecule has 11 heavy (non-hydrogen) atoms. The van der Waals surface area contributed by atoms with E-state index in [1.165, 1.54) is 0 Å². The van der Waals surface area contributed by atoms with E-state index in [1.54, 1.807) is 0 Å². The maximum atomic E-state index is 10.8. The standard InChI is InChI=1S/C8H15NO2/c1-4-6-7(5(2)3)9-8(10)11-6/h5-7H,4H2,1-3H3,(H,9,10)/t6-,7-/m1/s1. The molecule has 64 valence electrons. The molecule has 1 amide bonds. The average molecular weight is 157 g/mol. The van der Waals surface area contributed by atoms with Gasteiger partial charge >= 0.3 is 6.09 Å². The van der Waals surface area contributed by atoms with E-state index in [1.807, 2.05) is 6.92 Å². The van der Waals surface area contributed by atoms with Crippen LogP contribution in [0.2, 0.25) is 0 Å². The zero-order valence-corrected chi connectivity index (χ0v) is 7.26. The number of rotatable bonds is 2. The third kappa shape index (κ3) is 1.64. The summed E-state index contributed by atoms with van der Waals surface area (Å²) in [4.78, 5) is 10.8. The second-order valence-electron chi connectivity index (χ2n) is 3.27. The molecular weight excluding hydrogens is 142 g/mol. The summed E-state index contributed by atoms with van der Waals surface area (Å²) in [5.74, 6) is 0.450. The quantitative estimate of drug-likeness (QED) is 0.660. The molecule has 1 saturated heterocycles. The Hall–Kier alpha value is -0.730. The number of cyclic esters (lactones) is 1. The van der Waals surface area contributed by atoms with Crippen LogP contribution in [0.5, 0.6) is 0 Å². The van der Waals surface area contributed by atoms with Crippen molar-refractivity contribution in [3.05, 3.63) is 0 Å². The van der Waals surface area contributed by atoms with Gasteiger partial charge in [0.1, 0.15) is 6.10 Å². The highest BCUT2D eigenvalue weighted by molar-refractivity contribution is 5.70. The fourth-order valence-corrected chi connectivity index (χ4v) is 1.41. The molecule has 0 spiro atoms. The molecule has 1 N–H and O–H groups in total. The molecule has 0 aromatic rings. The minimum absolute atomic E-state index is 0.0718. The van der Waals surface area contributed by atoms with Crippen molar-refractivity contribution >= 4 is 6.09 Å². The summed E-state index contributed by atoms with van der Waals surface area (Å²) in [6.07, 6.45) is 0.694. The normalized spacial score (nSPS) is 30.4. The van der Waals surface area contributed by atoms with Crippen LogP contribution in [0.3, 0.4) is 0 Å². The first kappa shape index (κ1) is 8.37. The van der Waals surface area contributed by atoms with Crippen LogP contribution in [0, 0.1) is 5.92 Å². The third-order valence-corrected chi connectivity index (χ3v) is 2.06. The molecule has 0 radical (unpaired) electrons. The van der Waals surface area contributed by atoms with Crippen molar-refractivity contribution in [2.24, 2.45) is 5.92 Å². The van der Waals surface area contributed by atoms with Crippen molar-refractivity contribution < 1.29 is 9.53 Å². The van der Waals surface area contributed by atoms with E-state index in [2.05, 4.69) is 19.2 Å². The number of hydrogen-bond donors (Lipinski definition) is 1. The van der Waals surface area contributed by atoms with Crippen LogP contribution in [0.15, 0.2) is 0 Å². The monoisotopic (exact) mass is 157 g/mol. The summed E-state index contributed by atoms with van der Waals surface area (Å²) < 4.78 is 5.03. The Kier molecular flexibility index (Phi) is 2.37. The topological polar surface area (TPSA) is 38.3 Å². The largest absolute Gasteiger partial charge is 0.444 e. The molecule has 3 heteroatoms. The Balaban J connectivity index is 2.57. The van der Waals surface area contributed by atoms with E-state index in [0.717, 1.165) is 6.42 Å². The van der Waals surface area contributed by atoms with Gasteiger partial charge in [-0.15, -0.1) is 0 Å². The van der Waals surface area contributed by atoms with Gasteiger partial charge in [0.15, 0.2) is 0 Å². The Bertz CT molecular complexity index is 156. The predicted molar refractivity (Wildman–Crippen MR) is 42.3 cm³/mol. The van der Waals surface area contributed by atoms with Gasteiger partial charge in [-0.3, -0.25) is 0 Å². The van der Waals surface area contributed by atoms with E-state index >= 15 is 0 Å². The average Bonchev–Trinajstić information content (AvgIpc) is 2.30. The fraction of sp³-hybridized carbons (Fsp3) is 0.875.